The summed E-state index contributed by atoms with van der Waals surface area (Å²) in [7, 11) is 3.77. The zero-order valence-electron chi connectivity index (χ0n) is 10.7. The predicted molar refractivity (Wildman–Crippen MR) is 70.4 cm³/mol. The van der Waals surface area contributed by atoms with Crippen LogP contribution in [0.25, 0.3) is 0 Å². The molecular formula is C14H22N2O. The number of nitrogens with one attached hydrogen (secondary N) is 2. The first-order valence-electron chi connectivity index (χ1n) is 6.36. The van der Waals surface area contributed by atoms with E-state index in [2.05, 4.69) is 22.8 Å². The highest BCUT2D eigenvalue weighted by Crippen LogP contribution is 2.30. The molecule has 1 saturated heterocycles. The zero-order chi connectivity index (χ0) is 12.1. The van der Waals surface area contributed by atoms with E-state index in [1.165, 1.54) is 18.4 Å². The Bertz CT molecular complexity index is 348. The second-order valence-corrected chi connectivity index (χ2v) is 4.68. The van der Waals surface area contributed by atoms with Crippen LogP contribution in [0.5, 0.6) is 5.75 Å². The molecule has 1 fully saturated rings. The van der Waals surface area contributed by atoms with Gasteiger partial charge in [-0.25, -0.2) is 0 Å². The van der Waals surface area contributed by atoms with Crippen LogP contribution in [0.3, 0.4) is 0 Å². The fourth-order valence-electron chi connectivity index (χ4n) is 2.60. The number of hydrogen-bond donors (Lipinski definition) is 2. The molecule has 2 unspecified atom stereocenters. The molecule has 0 spiro atoms. The van der Waals surface area contributed by atoms with Crippen LogP contribution in [0.1, 0.15) is 24.4 Å². The average Bonchev–Trinajstić information content (AvgIpc) is 2.89. The van der Waals surface area contributed by atoms with Gasteiger partial charge >= 0.3 is 0 Å². The van der Waals surface area contributed by atoms with Crippen molar-refractivity contribution >= 4 is 0 Å². The van der Waals surface area contributed by atoms with Crippen LogP contribution >= 0.6 is 0 Å². The van der Waals surface area contributed by atoms with Crippen LogP contribution in [0.15, 0.2) is 24.3 Å². The van der Waals surface area contributed by atoms with Gasteiger partial charge in [0, 0.05) is 11.6 Å². The van der Waals surface area contributed by atoms with Gasteiger partial charge in [0.15, 0.2) is 0 Å². The molecule has 0 radical (unpaired) electrons. The summed E-state index contributed by atoms with van der Waals surface area (Å²) in [5.74, 6) is 1.76. The van der Waals surface area contributed by atoms with Crippen LogP contribution < -0.4 is 15.4 Å². The van der Waals surface area contributed by atoms with Gasteiger partial charge in [0.1, 0.15) is 5.75 Å². The summed E-state index contributed by atoms with van der Waals surface area (Å²) >= 11 is 0. The standard InChI is InChI=1S/C14H22N2O/c1-15-13(9-11-7-8-16-10-11)12-5-3-4-6-14(12)17-2/h3-6,11,13,15-16H,7-10H2,1-2H3. The molecule has 1 aromatic rings. The van der Waals surface area contributed by atoms with Gasteiger partial charge in [-0.05, 0) is 45.0 Å². The summed E-state index contributed by atoms with van der Waals surface area (Å²) in [6.45, 7) is 2.31. The van der Waals surface area contributed by atoms with Gasteiger partial charge in [0.2, 0.25) is 0 Å². The van der Waals surface area contributed by atoms with Crippen LogP contribution in [0.2, 0.25) is 0 Å². The molecule has 17 heavy (non-hydrogen) atoms. The van der Waals surface area contributed by atoms with Crippen molar-refractivity contribution in [2.75, 3.05) is 27.2 Å². The number of rotatable bonds is 5. The molecule has 0 saturated carbocycles. The van der Waals surface area contributed by atoms with Crippen molar-refractivity contribution in [2.24, 2.45) is 5.92 Å². The summed E-state index contributed by atoms with van der Waals surface area (Å²) in [4.78, 5) is 0. The van der Waals surface area contributed by atoms with Crippen LogP contribution in [-0.4, -0.2) is 27.2 Å². The Morgan fingerprint density at radius 1 is 1.47 bits per heavy atom. The first kappa shape index (κ1) is 12.4. The minimum Gasteiger partial charge on any atom is -0.496 e. The Balaban J connectivity index is 2.10. The lowest BCUT2D eigenvalue weighted by molar-refractivity contribution is 0.383. The highest BCUT2D eigenvalue weighted by molar-refractivity contribution is 5.35. The van der Waals surface area contributed by atoms with Crippen LogP contribution in [-0.2, 0) is 0 Å². The molecule has 2 atom stereocenters. The summed E-state index contributed by atoms with van der Waals surface area (Å²) < 4.78 is 5.44. The lowest BCUT2D eigenvalue weighted by atomic mass is 9.93. The zero-order valence-corrected chi connectivity index (χ0v) is 10.7. The minimum absolute atomic E-state index is 0.385. The molecule has 3 heteroatoms. The van der Waals surface area contributed by atoms with Crippen molar-refractivity contribution in [3.63, 3.8) is 0 Å². The van der Waals surface area contributed by atoms with E-state index in [1.807, 2.05) is 19.2 Å². The molecule has 1 heterocycles. The fraction of sp³-hybridized carbons (Fsp3) is 0.571. The van der Waals surface area contributed by atoms with Crippen molar-refractivity contribution in [3.8, 4) is 5.75 Å². The van der Waals surface area contributed by atoms with Gasteiger partial charge in [0.25, 0.3) is 0 Å². The number of benzene rings is 1. The summed E-state index contributed by atoms with van der Waals surface area (Å²) in [5, 5.41) is 6.83. The lowest BCUT2D eigenvalue weighted by Gasteiger charge is -2.22. The topological polar surface area (TPSA) is 33.3 Å². The third kappa shape index (κ3) is 2.99. The van der Waals surface area contributed by atoms with Gasteiger partial charge in [-0.1, -0.05) is 18.2 Å². The van der Waals surface area contributed by atoms with E-state index < -0.39 is 0 Å². The Morgan fingerprint density at radius 3 is 2.94 bits per heavy atom. The monoisotopic (exact) mass is 234 g/mol. The molecule has 0 aromatic heterocycles. The Labute approximate surface area is 104 Å². The molecule has 0 bridgehead atoms. The minimum atomic E-state index is 0.385. The Kier molecular flexibility index (Phi) is 4.40. The number of methoxy groups -OCH3 is 1. The largest absolute Gasteiger partial charge is 0.496 e. The van der Waals surface area contributed by atoms with E-state index >= 15 is 0 Å². The predicted octanol–water partition coefficient (Wildman–Crippen LogP) is 1.96. The second-order valence-electron chi connectivity index (χ2n) is 4.68. The summed E-state index contributed by atoms with van der Waals surface area (Å²) in [6.07, 6.45) is 2.46. The maximum Gasteiger partial charge on any atom is 0.123 e. The number of ether oxygens (including phenoxy) is 1. The van der Waals surface area contributed by atoms with E-state index in [0.29, 0.717) is 6.04 Å². The van der Waals surface area contributed by atoms with Crippen molar-refractivity contribution < 1.29 is 4.74 Å². The maximum absolute atomic E-state index is 5.44. The molecule has 1 aromatic carbocycles. The van der Waals surface area contributed by atoms with Crippen molar-refractivity contribution in [1.29, 1.82) is 0 Å². The molecular weight excluding hydrogens is 212 g/mol. The highest BCUT2D eigenvalue weighted by atomic mass is 16.5. The summed E-state index contributed by atoms with van der Waals surface area (Å²) in [5.41, 5.74) is 1.27. The van der Waals surface area contributed by atoms with Crippen LogP contribution in [0.4, 0.5) is 0 Å². The first-order valence-corrected chi connectivity index (χ1v) is 6.36. The number of hydrogen-bond acceptors (Lipinski definition) is 3. The van der Waals surface area contributed by atoms with Crippen molar-refractivity contribution in [1.82, 2.24) is 10.6 Å². The second kappa shape index (κ2) is 6.03. The lowest BCUT2D eigenvalue weighted by Crippen LogP contribution is -2.21. The quantitative estimate of drug-likeness (QED) is 0.817. The smallest absolute Gasteiger partial charge is 0.123 e. The molecule has 0 amide bonds. The molecule has 3 nitrogen and oxygen atoms in total. The van der Waals surface area contributed by atoms with Gasteiger partial charge in [-0.2, -0.15) is 0 Å². The van der Waals surface area contributed by atoms with E-state index in [-0.39, 0.29) is 0 Å². The third-order valence-electron chi connectivity index (χ3n) is 3.59. The molecule has 1 aliphatic heterocycles. The normalized spacial score (nSPS) is 21.4. The van der Waals surface area contributed by atoms with E-state index in [9.17, 15) is 0 Å². The van der Waals surface area contributed by atoms with Gasteiger partial charge in [-0.15, -0.1) is 0 Å². The molecule has 2 N–H and O–H groups in total. The van der Waals surface area contributed by atoms with Crippen molar-refractivity contribution in [3.05, 3.63) is 29.8 Å². The fourth-order valence-corrected chi connectivity index (χ4v) is 2.60. The molecule has 0 aliphatic carbocycles. The van der Waals surface area contributed by atoms with E-state index in [4.69, 9.17) is 4.74 Å². The third-order valence-corrected chi connectivity index (χ3v) is 3.59. The maximum atomic E-state index is 5.44. The highest BCUT2D eigenvalue weighted by Gasteiger charge is 2.21. The van der Waals surface area contributed by atoms with Gasteiger partial charge < -0.3 is 15.4 Å². The van der Waals surface area contributed by atoms with Crippen LogP contribution in [0, 0.1) is 5.92 Å². The van der Waals surface area contributed by atoms with E-state index in [1.54, 1.807) is 7.11 Å². The van der Waals surface area contributed by atoms with Crippen molar-refractivity contribution in [2.45, 2.75) is 18.9 Å². The Morgan fingerprint density at radius 2 is 2.29 bits per heavy atom. The summed E-state index contributed by atoms with van der Waals surface area (Å²) in [6, 6.07) is 8.67. The molecule has 2 rings (SSSR count). The Hall–Kier alpha value is -1.06. The van der Waals surface area contributed by atoms with Gasteiger partial charge in [0.05, 0.1) is 7.11 Å². The first-order chi connectivity index (χ1) is 8.35. The molecule has 1 aliphatic rings. The van der Waals surface area contributed by atoms with E-state index in [0.717, 1.165) is 24.8 Å². The average molecular weight is 234 g/mol. The SMILES string of the molecule is CNC(CC1CCNC1)c1ccccc1OC. The molecule has 94 valence electrons. The van der Waals surface area contributed by atoms with Gasteiger partial charge in [-0.3, -0.25) is 0 Å². The number of para-hydroxylation sites is 1.